The molecule has 1 aromatic rings. The van der Waals surface area contributed by atoms with Crippen molar-refractivity contribution in [1.29, 1.82) is 0 Å². The number of anilines is 1. The first-order valence-electron chi connectivity index (χ1n) is 5.85. The average molecular weight is 248 g/mol. The zero-order valence-electron chi connectivity index (χ0n) is 10.9. The molecule has 0 aliphatic heterocycles. The maximum atomic E-state index is 11.6. The number of carbonyl (C=O) groups is 1. The fourth-order valence-electron chi connectivity index (χ4n) is 1.63. The Labute approximate surface area is 108 Å². The third-order valence-electron chi connectivity index (χ3n) is 2.90. The molecule has 0 aliphatic rings. The van der Waals surface area contributed by atoms with Crippen LogP contribution in [-0.2, 0) is 4.79 Å². The Balaban J connectivity index is 2.81. The van der Waals surface area contributed by atoms with Gasteiger partial charge in [-0.3, -0.25) is 4.79 Å². The fourth-order valence-corrected chi connectivity index (χ4v) is 1.63. The minimum absolute atomic E-state index is 0.375. The number of hydrogen-bond donors (Lipinski definition) is 2. The summed E-state index contributed by atoms with van der Waals surface area (Å²) in [7, 11) is 1.61. The van der Waals surface area contributed by atoms with Gasteiger partial charge in [0.2, 0.25) is 5.91 Å². The molecule has 0 aliphatic carbocycles. The smallest absolute Gasteiger partial charge is 0.242 e. The number of hydrogen-bond acceptors (Lipinski definition) is 3. The summed E-state index contributed by atoms with van der Waals surface area (Å²) in [6, 6.07) is 7.37. The summed E-state index contributed by atoms with van der Waals surface area (Å²) in [6.07, 6.45) is 3.11. The standard InChI is InChI=1S/C14H20N2O2/c1-4-5-10-14(2,13(15)17)16-11-6-8-12(18-3)9-7-11/h4,6-9,16H,1,5,10H2,2-3H3,(H2,15,17). The number of benzene rings is 1. The first kappa shape index (κ1) is 14.1. The summed E-state index contributed by atoms with van der Waals surface area (Å²) in [5, 5.41) is 3.16. The second-order valence-electron chi connectivity index (χ2n) is 4.38. The van der Waals surface area contributed by atoms with Gasteiger partial charge in [-0.2, -0.15) is 0 Å². The van der Waals surface area contributed by atoms with Gasteiger partial charge in [-0.1, -0.05) is 6.08 Å². The number of amides is 1. The molecule has 1 aromatic carbocycles. The molecule has 18 heavy (non-hydrogen) atoms. The summed E-state index contributed by atoms with van der Waals surface area (Å²) in [5.41, 5.74) is 5.51. The van der Waals surface area contributed by atoms with Gasteiger partial charge in [-0.25, -0.2) is 0 Å². The van der Waals surface area contributed by atoms with Crippen LogP contribution in [0.15, 0.2) is 36.9 Å². The van der Waals surface area contributed by atoms with Crippen molar-refractivity contribution >= 4 is 11.6 Å². The van der Waals surface area contributed by atoms with Crippen LogP contribution in [0.3, 0.4) is 0 Å². The molecule has 0 heterocycles. The molecular formula is C14H20N2O2. The number of primary amides is 1. The third kappa shape index (κ3) is 3.52. The number of carbonyl (C=O) groups excluding carboxylic acids is 1. The molecule has 0 fully saturated rings. The molecule has 0 radical (unpaired) electrons. The normalized spacial score (nSPS) is 13.4. The summed E-state index contributed by atoms with van der Waals surface area (Å²) in [6.45, 7) is 5.45. The van der Waals surface area contributed by atoms with E-state index in [1.165, 1.54) is 0 Å². The molecule has 1 amide bonds. The SMILES string of the molecule is C=CCCC(C)(Nc1ccc(OC)cc1)C(N)=O. The lowest BCUT2D eigenvalue weighted by Crippen LogP contribution is -2.47. The Morgan fingerprint density at radius 2 is 2.11 bits per heavy atom. The number of ether oxygens (including phenoxy) is 1. The van der Waals surface area contributed by atoms with Gasteiger partial charge < -0.3 is 15.8 Å². The van der Waals surface area contributed by atoms with E-state index in [-0.39, 0.29) is 5.91 Å². The average Bonchev–Trinajstić information content (AvgIpc) is 2.37. The number of nitrogens with two attached hydrogens (primary N) is 1. The molecule has 1 rings (SSSR count). The first-order chi connectivity index (χ1) is 8.51. The molecule has 0 saturated heterocycles. The zero-order valence-corrected chi connectivity index (χ0v) is 10.9. The molecule has 3 N–H and O–H groups in total. The van der Waals surface area contributed by atoms with Crippen molar-refractivity contribution in [2.24, 2.45) is 5.73 Å². The molecule has 1 atom stereocenters. The molecule has 0 spiro atoms. The maximum Gasteiger partial charge on any atom is 0.242 e. The van der Waals surface area contributed by atoms with Crippen molar-refractivity contribution in [2.75, 3.05) is 12.4 Å². The van der Waals surface area contributed by atoms with E-state index in [1.807, 2.05) is 24.3 Å². The molecule has 0 bridgehead atoms. The van der Waals surface area contributed by atoms with Crippen LogP contribution in [0.4, 0.5) is 5.69 Å². The lowest BCUT2D eigenvalue weighted by atomic mass is 9.94. The molecule has 98 valence electrons. The number of rotatable bonds is 7. The van der Waals surface area contributed by atoms with Crippen LogP contribution in [0.5, 0.6) is 5.75 Å². The molecular weight excluding hydrogens is 228 g/mol. The van der Waals surface area contributed by atoms with Gasteiger partial charge in [-0.15, -0.1) is 6.58 Å². The van der Waals surface area contributed by atoms with Gasteiger partial charge in [0.15, 0.2) is 0 Å². The van der Waals surface area contributed by atoms with Crippen LogP contribution in [0.1, 0.15) is 19.8 Å². The maximum absolute atomic E-state index is 11.6. The largest absolute Gasteiger partial charge is 0.497 e. The molecule has 0 aromatic heterocycles. The topological polar surface area (TPSA) is 64.3 Å². The minimum Gasteiger partial charge on any atom is -0.497 e. The fraction of sp³-hybridized carbons (Fsp3) is 0.357. The molecule has 0 saturated carbocycles. The zero-order chi connectivity index (χ0) is 13.6. The van der Waals surface area contributed by atoms with E-state index in [0.29, 0.717) is 6.42 Å². The van der Waals surface area contributed by atoms with Crippen LogP contribution in [0.25, 0.3) is 0 Å². The predicted molar refractivity (Wildman–Crippen MR) is 73.6 cm³/mol. The quantitative estimate of drug-likeness (QED) is 0.728. The minimum atomic E-state index is -0.775. The summed E-state index contributed by atoms with van der Waals surface area (Å²) >= 11 is 0. The molecule has 4 nitrogen and oxygen atoms in total. The summed E-state index contributed by atoms with van der Waals surface area (Å²) < 4.78 is 5.08. The van der Waals surface area contributed by atoms with Crippen LogP contribution in [0.2, 0.25) is 0 Å². The van der Waals surface area contributed by atoms with E-state index in [4.69, 9.17) is 10.5 Å². The highest BCUT2D eigenvalue weighted by molar-refractivity contribution is 5.87. The first-order valence-corrected chi connectivity index (χ1v) is 5.85. The summed E-state index contributed by atoms with van der Waals surface area (Å²) in [5.74, 6) is 0.396. The van der Waals surface area contributed by atoms with Crippen molar-refractivity contribution in [1.82, 2.24) is 0 Å². The Kier molecular flexibility index (Phi) is 4.77. The van der Waals surface area contributed by atoms with E-state index in [0.717, 1.165) is 17.9 Å². The van der Waals surface area contributed by atoms with Gasteiger partial charge in [0.1, 0.15) is 11.3 Å². The van der Waals surface area contributed by atoms with E-state index in [9.17, 15) is 4.79 Å². The van der Waals surface area contributed by atoms with Crippen molar-refractivity contribution in [3.05, 3.63) is 36.9 Å². The highest BCUT2D eigenvalue weighted by Crippen LogP contribution is 2.22. The van der Waals surface area contributed by atoms with Crippen molar-refractivity contribution < 1.29 is 9.53 Å². The Hall–Kier alpha value is -1.97. The van der Waals surface area contributed by atoms with Crippen LogP contribution in [0, 0.1) is 0 Å². The van der Waals surface area contributed by atoms with Gasteiger partial charge in [-0.05, 0) is 44.0 Å². The highest BCUT2D eigenvalue weighted by Gasteiger charge is 2.29. The number of allylic oxidation sites excluding steroid dienone is 1. The van der Waals surface area contributed by atoms with Crippen LogP contribution >= 0.6 is 0 Å². The molecule has 4 heteroatoms. The van der Waals surface area contributed by atoms with Crippen LogP contribution in [-0.4, -0.2) is 18.6 Å². The molecule has 1 unspecified atom stereocenters. The van der Waals surface area contributed by atoms with Gasteiger partial charge >= 0.3 is 0 Å². The lowest BCUT2D eigenvalue weighted by molar-refractivity contribution is -0.121. The van der Waals surface area contributed by atoms with Crippen LogP contribution < -0.4 is 15.8 Å². The second kappa shape index (κ2) is 6.10. The van der Waals surface area contributed by atoms with Gasteiger partial charge in [0.05, 0.1) is 7.11 Å². The van der Waals surface area contributed by atoms with Crippen molar-refractivity contribution in [2.45, 2.75) is 25.3 Å². The summed E-state index contributed by atoms with van der Waals surface area (Å²) in [4.78, 5) is 11.6. The van der Waals surface area contributed by atoms with Gasteiger partial charge in [0.25, 0.3) is 0 Å². The number of methoxy groups -OCH3 is 1. The van der Waals surface area contributed by atoms with Gasteiger partial charge in [0, 0.05) is 5.69 Å². The van der Waals surface area contributed by atoms with E-state index in [2.05, 4.69) is 11.9 Å². The third-order valence-corrected chi connectivity index (χ3v) is 2.90. The van der Waals surface area contributed by atoms with Crippen molar-refractivity contribution in [3.63, 3.8) is 0 Å². The second-order valence-corrected chi connectivity index (χ2v) is 4.38. The Morgan fingerprint density at radius 1 is 1.50 bits per heavy atom. The van der Waals surface area contributed by atoms with E-state index in [1.54, 1.807) is 20.1 Å². The van der Waals surface area contributed by atoms with E-state index < -0.39 is 5.54 Å². The van der Waals surface area contributed by atoms with Crippen molar-refractivity contribution in [3.8, 4) is 5.75 Å². The Morgan fingerprint density at radius 3 is 2.56 bits per heavy atom. The lowest BCUT2D eigenvalue weighted by Gasteiger charge is -2.28. The van der Waals surface area contributed by atoms with E-state index >= 15 is 0 Å². The Bertz CT molecular complexity index is 414. The predicted octanol–water partition coefficient (Wildman–Crippen LogP) is 2.32. The highest BCUT2D eigenvalue weighted by atomic mass is 16.5. The number of nitrogens with one attached hydrogen (secondary N) is 1. The monoisotopic (exact) mass is 248 g/mol.